The second-order valence-corrected chi connectivity index (χ2v) is 8.79. The van der Waals surface area contributed by atoms with Gasteiger partial charge in [-0.3, -0.25) is 4.79 Å². The molecule has 4 nitrogen and oxygen atoms in total. The quantitative estimate of drug-likeness (QED) is 0.671. The van der Waals surface area contributed by atoms with Gasteiger partial charge in [0.2, 0.25) is 0 Å². The Morgan fingerprint density at radius 2 is 1.81 bits per heavy atom. The predicted octanol–water partition coefficient (Wildman–Crippen LogP) is 3.79. The number of sulfone groups is 1. The molecule has 0 saturated heterocycles. The van der Waals surface area contributed by atoms with Crippen molar-refractivity contribution in [2.75, 3.05) is 6.61 Å². The van der Waals surface area contributed by atoms with Gasteiger partial charge in [0.15, 0.2) is 9.84 Å². The van der Waals surface area contributed by atoms with Crippen LogP contribution in [0.15, 0.2) is 47.4 Å². The summed E-state index contributed by atoms with van der Waals surface area (Å²) >= 11 is 0. The molecule has 7 heteroatoms. The minimum Gasteiger partial charge on any atom is -0.466 e. The summed E-state index contributed by atoms with van der Waals surface area (Å²) in [5.41, 5.74) is 0.705. The number of hydrogen-bond acceptors (Lipinski definition) is 4. The summed E-state index contributed by atoms with van der Waals surface area (Å²) in [4.78, 5) is 12.6. The van der Waals surface area contributed by atoms with Crippen LogP contribution in [0.1, 0.15) is 36.8 Å². The molecular weight excluding hydrogens is 374 g/mol. The lowest BCUT2D eigenvalue weighted by Gasteiger charge is -2.17. The zero-order valence-electron chi connectivity index (χ0n) is 14.8. The number of esters is 1. The summed E-state index contributed by atoms with van der Waals surface area (Å²) in [6.45, 7) is 1.83. The van der Waals surface area contributed by atoms with E-state index in [0.29, 0.717) is 18.4 Å². The Bertz CT molecular complexity index is 935. The predicted molar refractivity (Wildman–Crippen MR) is 96.1 cm³/mol. The Hall–Kier alpha value is -2.28. The molecule has 144 valence electrons. The van der Waals surface area contributed by atoms with E-state index in [1.165, 1.54) is 18.2 Å². The van der Waals surface area contributed by atoms with Gasteiger partial charge in [-0.15, -0.1) is 0 Å². The van der Waals surface area contributed by atoms with Crippen LogP contribution in [0.3, 0.4) is 0 Å². The Labute approximate surface area is 157 Å². The van der Waals surface area contributed by atoms with E-state index in [2.05, 4.69) is 0 Å². The van der Waals surface area contributed by atoms with E-state index in [4.69, 9.17) is 4.74 Å². The number of ether oxygens (including phenoxy) is 1. The van der Waals surface area contributed by atoms with Crippen LogP contribution in [-0.4, -0.2) is 26.2 Å². The van der Waals surface area contributed by atoms with Gasteiger partial charge in [0, 0.05) is 6.07 Å². The molecule has 0 aliphatic heterocycles. The van der Waals surface area contributed by atoms with Crippen molar-refractivity contribution >= 4 is 15.8 Å². The van der Waals surface area contributed by atoms with Crippen LogP contribution in [0.5, 0.6) is 0 Å². The Kier molecular flexibility index (Phi) is 5.60. The summed E-state index contributed by atoms with van der Waals surface area (Å²) in [6.07, 6.45) is 1.32. The van der Waals surface area contributed by atoms with Crippen molar-refractivity contribution in [3.05, 3.63) is 65.2 Å². The van der Waals surface area contributed by atoms with Gasteiger partial charge in [0.1, 0.15) is 11.6 Å². The highest BCUT2D eigenvalue weighted by Gasteiger charge is 2.37. The molecule has 0 spiro atoms. The fourth-order valence-corrected chi connectivity index (χ4v) is 4.60. The zero-order valence-corrected chi connectivity index (χ0v) is 15.6. The average molecular weight is 394 g/mol. The van der Waals surface area contributed by atoms with E-state index in [9.17, 15) is 22.0 Å². The number of carbonyl (C=O) groups excluding carboxylic acids is 1. The molecule has 0 radical (unpaired) electrons. The summed E-state index contributed by atoms with van der Waals surface area (Å²) in [7, 11) is -3.33. The molecule has 3 rings (SSSR count). The van der Waals surface area contributed by atoms with E-state index in [1.54, 1.807) is 19.1 Å². The number of hydrogen-bond donors (Lipinski definition) is 0. The summed E-state index contributed by atoms with van der Waals surface area (Å²) in [6, 6.07) is 9.24. The second kappa shape index (κ2) is 7.76. The van der Waals surface area contributed by atoms with Crippen LogP contribution >= 0.6 is 0 Å². The first kappa shape index (κ1) is 19.5. The molecule has 0 bridgehead atoms. The van der Waals surface area contributed by atoms with E-state index in [-0.39, 0.29) is 28.7 Å². The SMILES string of the molecule is CCOC(=O)C(Cc1ccc(F)cc1F)c1ccc(S(=O)(=O)C2CC2)cc1. The van der Waals surface area contributed by atoms with E-state index in [1.807, 2.05) is 0 Å². The van der Waals surface area contributed by atoms with Crippen molar-refractivity contribution in [3.63, 3.8) is 0 Å². The molecule has 1 saturated carbocycles. The van der Waals surface area contributed by atoms with Crippen molar-refractivity contribution in [1.29, 1.82) is 0 Å². The molecule has 2 aromatic carbocycles. The number of benzene rings is 2. The highest BCUT2D eigenvalue weighted by Crippen LogP contribution is 2.34. The van der Waals surface area contributed by atoms with Crippen molar-refractivity contribution in [3.8, 4) is 0 Å². The highest BCUT2D eigenvalue weighted by atomic mass is 32.2. The first-order valence-corrected chi connectivity index (χ1v) is 10.3. The Morgan fingerprint density at radius 1 is 1.15 bits per heavy atom. The summed E-state index contributed by atoms with van der Waals surface area (Å²) in [5.74, 6) is -2.79. The number of rotatable bonds is 7. The molecule has 27 heavy (non-hydrogen) atoms. The topological polar surface area (TPSA) is 60.4 Å². The summed E-state index contributed by atoms with van der Waals surface area (Å²) < 4.78 is 56.8. The van der Waals surface area contributed by atoms with Crippen molar-refractivity contribution < 1.29 is 26.7 Å². The largest absolute Gasteiger partial charge is 0.466 e. The van der Waals surface area contributed by atoms with Crippen LogP contribution in [0.2, 0.25) is 0 Å². The summed E-state index contributed by atoms with van der Waals surface area (Å²) in [5, 5.41) is -0.322. The zero-order chi connectivity index (χ0) is 19.6. The fraction of sp³-hybridized carbons (Fsp3) is 0.350. The third-order valence-corrected chi connectivity index (χ3v) is 6.86. The van der Waals surface area contributed by atoms with Gasteiger partial charge in [0.05, 0.1) is 22.7 Å². The number of halogens is 2. The van der Waals surface area contributed by atoms with Gasteiger partial charge in [-0.1, -0.05) is 18.2 Å². The standard InChI is InChI=1S/C20H20F2O4S/c1-2-26-20(23)18(11-14-3-6-15(21)12-19(14)22)13-4-7-16(8-5-13)27(24,25)17-9-10-17/h3-8,12,17-18H,2,9-11H2,1H3. The van der Waals surface area contributed by atoms with Crippen LogP contribution in [0.25, 0.3) is 0 Å². The van der Waals surface area contributed by atoms with Gasteiger partial charge >= 0.3 is 5.97 Å². The molecule has 0 aromatic heterocycles. The van der Waals surface area contributed by atoms with Crippen molar-refractivity contribution in [1.82, 2.24) is 0 Å². The van der Waals surface area contributed by atoms with Gasteiger partial charge in [-0.05, 0) is 55.5 Å². The van der Waals surface area contributed by atoms with E-state index < -0.39 is 33.4 Å². The molecule has 2 aromatic rings. The molecule has 1 fully saturated rings. The van der Waals surface area contributed by atoms with Gasteiger partial charge in [-0.25, -0.2) is 17.2 Å². The molecule has 1 aliphatic rings. The molecule has 1 atom stereocenters. The normalized spacial score (nSPS) is 15.4. The molecule has 0 heterocycles. The van der Waals surface area contributed by atoms with Gasteiger partial charge < -0.3 is 4.74 Å². The fourth-order valence-electron chi connectivity index (χ4n) is 2.95. The molecular formula is C20H20F2O4S. The van der Waals surface area contributed by atoms with E-state index in [0.717, 1.165) is 12.1 Å². The van der Waals surface area contributed by atoms with Crippen LogP contribution in [0, 0.1) is 11.6 Å². The van der Waals surface area contributed by atoms with Crippen LogP contribution in [-0.2, 0) is 25.8 Å². The average Bonchev–Trinajstić information content (AvgIpc) is 3.47. The minimum absolute atomic E-state index is 0.0142. The minimum atomic E-state index is -3.33. The first-order chi connectivity index (χ1) is 12.8. The smallest absolute Gasteiger partial charge is 0.313 e. The maximum Gasteiger partial charge on any atom is 0.313 e. The third-order valence-electron chi connectivity index (χ3n) is 4.58. The van der Waals surface area contributed by atoms with E-state index >= 15 is 0 Å². The van der Waals surface area contributed by atoms with Crippen LogP contribution < -0.4 is 0 Å². The van der Waals surface area contributed by atoms with Gasteiger partial charge in [0.25, 0.3) is 0 Å². The lowest BCUT2D eigenvalue weighted by Crippen LogP contribution is -2.19. The maximum atomic E-state index is 14.0. The third kappa shape index (κ3) is 4.35. The molecule has 0 amide bonds. The lowest BCUT2D eigenvalue weighted by molar-refractivity contribution is -0.144. The van der Waals surface area contributed by atoms with Crippen molar-refractivity contribution in [2.45, 2.75) is 42.2 Å². The van der Waals surface area contributed by atoms with Crippen LogP contribution in [0.4, 0.5) is 8.78 Å². The lowest BCUT2D eigenvalue weighted by atomic mass is 9.92. The molecule has 1 unspecified atom stereocenters. The monoisotopic (exact) mass is 394 g/mol. The Morgan fingerprint density at radius 3 is 2.37 bits per heavy atom. The highest BCUT2D eigenvalue weighted by molar-refractivity contribution is 7.92. The molecule has 0 N–H and O–H groups in total. The second-order valence-electron chi connectivity index (χ2n) is 6.56. The number of carbonyl (C=O) groups is 1. The Balaban J connectivity index is 1.89. The van der Waals surface area contributed by atoms with Gasteiger partial charge in [-0.2, -0.15) is 0 Å². The van der Waals surface area contributed by atoms with Crippen molar-refractivity contribution in [2.24, 2.45) is 0 Å². The molecule has 1 aliphatic carbocycles. The first-order valence-electron chi connectivity index (χ1n) is 8.77. The maximum absolute atomic E-state index is 14.0.